The minimum Gasteiger partial charge on any atom is -0.410 e. The molecule has 1 amide bonds. The summed E-state index contributed by atoms with van der Waals surface area (Å²) >= 11 is 0. The van der Waals surface area contributed by atoms with Crippen LogP contribution in [0.2, 0.25) is 0 Å². The van der Waals surface area contributed by atoms with E-state index in [0.717, 1.165) is 16.5 Å². The lowest BCUT2D eigenvalue weighted by molar-refractivity contribution is 0.215. The molecule has 1 aromatic heterocycles. The molecule has 0 unspecified atom stereocenters. The first-order valence-corrected chi connectivity index (χ1v) is 6.62. The van der Waals surface area contributed by atoms with E-state index in [2.05, 4.69) is 10.3 Å². The Morgan fingerprint density at radius 3 is 2.62 bits per heavy atom. The fraction of sp³-hybridized carbons (Fsp3) is 0.0588. The number of hydrogen-bond donors (Lipinski definition) is 1. The molecule has 0 spiro atoms. The predicted octanol–water partition coefficient (Wildman–Crippen LogP) is 4.15. The van der Waals surface area contributed by atoms with Crippen LogP contribution in [0, 0.1) is 6.92 Å². The Labute approximate surface area is 122 Å². The van der Waals surface area contributed by atoms with Crippen LogP contribution in [0.3, 0.4) is 0 Å². The zero-order valence-corrected chi connectivity index (χ0v) is 11.5. The lowest BCUT2D eigenvalue weighted by Crippen LogP contribution is -2.17. The molecular weight excluding hydrogens is 264 g/mol. The van der Waals surface area contributed by atoms with Crippen molar-refractivity contribution < 1.29 is 9.53 Å². The van der Waals surface area contributed by atoms with Gasteiger partial charge in [-0.15, -0.1) is 0 Å². The Hall–Kier alpha value is -2.88. The third-order valence-electron chi connectivity index (χ3n) is 3.11. The summed E-state index contributed by atoms with van der Waals surface area (Å²) in [6, 6.07) is 18.6. The van der Waals surface area contributed by atoms with Gasteiger partial charge in [0.2, 0.25) is 0 Å². The summed E-state index contributed by atoms with van der Waals surface area (Å²) in [5, 5.41) is 3.68. The molecule has 0 aliphatic heterocycles. The maximum absolute atomic E-state index is 11.8. The Kier molecular flexibility index (Phi) is 3.51. The van der Waals surface area contributed by atoms with E-state index >= 15 is 0 Å². The van der Waals surface area contributed by atoms with Crippen molar-refractivity contribution in [1.82, 2.24) is 4.98 Å². The molecule has 0 saturated heterocycles. The minimum absolute atomic E-state index is 0.470. The monoisotopic (exact) mass is 278 g/mol. The van der Waals surface area contributed by atoms with Gasteiger partial charge in [-0.3, -0.25) is 5.32 Å². The second-order valence-electron chi connectivity index (χ2n) is 4.67. The summed E-state index contributed by atoms with van der Waals surface area (Å²) in [5.74, 6) is 0.963. The summed E-state index contributed by atoms with van der Waals surface area (Å²) in [7, 11) is 0. The molecule has 0 saturated carbocycles. The summed E-state index contributed by atoms with van der Waals surface area (Å²) in [6.45, 7) is 1.99. The van der Waals surface area contributed by atoms with Gasteiger partial charge in [0.1, 0.15) is 11.6 Å². The first-order valence-electron chi connectivity index (χ1n) is 6.62. The van der Waals surface area contributed by atoms with Crippen molar-refractivity contribution >= 4 is 22.8 Å². The number of benzene rings is 2. The highest BCUT2D eigenvalue weighted by Crippen LogP contribution is 2.18. The van der Waals surface area contributed by atoms with Gasteiger partial charge in [-0.1, -0.05) is 36.4 Å². The SMILES string of the molecule is Cc1cccc2ccc(NC(=O)Oc3ccccc3)nc12. The van der Waals surface area contributed by atoms with E-state index < -0.39 is 6.09 Å². The van der Waals surface area contributed by atoms with Crippen LogP contribution in [-0.2, 0) is 0 Å². The minimum atomic E-state index is -0.554. The van der Waals surface area contributed by atoms with Crippen molar-refractivity contribution in [3.63, 3.8) is 0 Å². The van der Waals surface area contributed by atoms with Crippen LogP contribution >= 0.6 is 0 Å². The number of fused-ring (bicyclic) bond motifs is 1. The van der Waals surface area contributed by atoms with E-state index in [1.807, 2.05) is 37.3 Å². The summed E-state index contributed by atoms with van der Waals surface area (Å²) in [4.78, 5) is 16.3. The third kappa shape index (κ3) is 3.00. The van der Waals surface area contributed by atoms with E-state index in [9.17, 15) is 4.79 Å². The predicted molar refractivity (Wildman–Crippen MR) is 82.6 cm³/mol. The smallest absolute Gasteiger partial charge is 0.410 e. The quantitative estimate of drug-likeness (QED) is 0.766. The lowest BCUT2D eigenvalue weighted by atomic mass is 10.1. The van der Waals surface area contributed by atoms with Gasteiger partial charge in [-0.25, -0.2) is 9.78 Å². The summed E-state index contributed by atoms with van der Waals surface area (Å²) in [5.41, 5.74) is 1.93. The zero-order chi connectivity index (χ0) is 14.7. The molecule has 21 heavy (non-hydrogen) atoms. The second kappa shape index (κ2) is 5.63. The Morgan fingerprint density at radius 1 is 1.00 bits per heavy atom. The topological polar surface area (TPSA) is 51.2 Å². The number of pyridine rings is 1. The molecule has 0 aliphatic rings. The molecular formula is C17H14N2O2. The molecule has 1 N–H and O–H groups in total. The summed E-state index contributed by atoms with van der Waals surface area (Å²) in [6.07, 6.45) is -0.554. The molecule has 4 heteroatoms. The van der Waals surface area contributed by atoms with Gasteiger partial charge in [0.15, 0.2) is 0 Å². The van der Waals surface area contributed by atoms with Crippen LogP contribution < -0.4 is 10.1 Å². The van der Waals surface area contributed by atoms with Gasteiger partial charge in [0.25, 0.3) is 0 Å². The van der Waals surface area contributed by atoms with Crippen LogP contribution in [0.15, 0.2) is 60.7 Å². The van der Waals surface area contributed by atoms with Crippen LogP contribution in [0.25, 0.3) is 10.9 Å². The molecule has 3 rings (SSSR count). The van der Waals surface area contributed by atoms with E-state index in [0.29, 0.717) is 11.6 Å². The molecule has 0 radical (unpaired) electrons. The molecule has 2 aromatic carbocycles. The first kappa shape index (κ1) is 13.1. The number of aromatic nitrogens is 1. The van der Waals surface area contributed by atoms with Gasteiger partial charge in [0, 0.05) is 5.39 Å². The first-order chi connectivity index (χ1) is 10.2. The highest BCUT2D eigenvalue weighted by Gasteiger charge is 2.07. The van der Waals surface area contributed by atoms with Crippen LogP contribution in [-0.4, -0.2) is 11.1 Å². The maximum Gasteiger partial charge on any atom is 0.418 e. The van der Waals surface area contributed by atoms with Gasteiger partial charge >= 0.3 is 6.09 Å². The highest BCUT2D eigenvalue weighted by molar-refractivity contribution is 5.88. The second-order valence-corrected chi connectivity index (χ2v) is 4.67. The maximum atomic E-state index is 11.8. The number of anilines is 1. The fourth-order valence-electron chi connectivity index (χ4n) is 2.09. The molecule has 4 nitrogen and oxygen atoms in total. The van der Waals surface area contributed by atoms with E-state index in [4.69, 9.17) is 4.74 Å². The number of hydrogen-bond acceptors (Lipinski definition) is 3. The van der Waals surface area contributed by atoms with Crippen molar-refractivity contribution in [2.24, 2.45) is 0 Å². The van der Waals surface area contributed by atoms with E-state index in [-0.39, 0.29) is 0 Å². The Bertz CT molecular complexity index is 785. The van der Waals surface area contributed by atoms with Gasteiger partial charge < -0.3 is 4.74 Å². The van der Waals surface area contributed by atoms with Gasteiger partial charge in [0.05, 0.1) is 5.52 Å². The van der Waals surface area contributed by atoms with Crippen molar-refractivity contribution in [1.29, 1.82) is 0 Å². The Balaban J connectivity index is 1.78. The van der Waals surface area contributed by atoms with Crippen molar-refractivity contribution in [2.45, 2.75) is 6.92 Å². The largest absolute Gasteiger partial charge is 0.418 e. The van der Waals surface area contributed by atoms with Crippen LogP contribution in [0.5, 0.6) is 5.75 Å². The van der Waals surface area contributed by atoms with E-state index in [1.165, 1.54) is 0 Å². The molecule has 0 fully saturated rings. The molecule has 104 valence electrons. The normalized spacial score (nSPS) is 10.3. The van der Waals surface area contributed by atoms with Gasteiger partial charge in [-0.2, -0.15) is 0 Å². The number of para-hydroxylation sites is 2. The third-order valence-corrected chi connectivity index (χ3v) is 3.11. The van der Waals surface area contributed by atoms with Gasteiger partial charge in [-0.05, 0) is 36.8 Å². The van der Waals surface area contributed by atoms with Crippen molar-refractivity contribution in [3.8, 4) is 5.75 Å². The zero-order valence-electron chi connectivity index (χ0n) is 11.5. The number of aryl methyl sites for hydroxylation is 1. The number of carbonyl (C=O) groups is 1. The van der Waals surface area contributed by atoms with Crippen LogP contribution in [0.1, 0.15) is 5.56 Å². The summed E-state index contributed by atoms with van der Waals surface area (Å²) < 4.78 is 5.17. The van der Waals surface area contributed by atoms with Crippen LogP contribution in [0.4, 0.5) is 10.6 Å². The number of carbonyl (C=O) groups excluding carboxylic acids is 1. The highest BCUT2D eigenvalue weighted by atomic mass is 16.6. The number of ether oxygens (including phenoxy) is 1. The lowest BCUT2D eigenvalue weighted by Gasteiger charge is -2.07. The molecule has 0 atom stereocenters. The number of rotatable bonds is 2. The van der Waals surface area contributed by atoms with E-state index in [1.54, 1.807) is 30.3 Å². The number of nitrogens with one attached hydrogen (secondary N) is 1. The average molecular weight is 278 g/mol. The molecule has 3 aromatic rings. The fourth-order valence-corrected chi connectivity index (χ4v) is 2.09. The molecule has 0 bridgehead atoms. The molecule has 1 heterocycles. The molecule has 0 aliphatic carbocycles. The number of nitrogens with zero attached hydrogens (tertiary/aromatic N) is 1. The number of amides is 1. The standard InChI is InChI=1S/C17H14N2O2/c1-12-6-5-7-13-10-11-15(18-16(12)13)19-17(20)21-14-8-3-2-4-9-14/h2-11H,1H3,(H,18,19,20). The van der Waals surface area contributed by atoms with Crippen molar-refractivity contribution in [2.75, 3.05) is 5.32 Å². The van der Waals surface area contributed by atoms with Crippen molar-refractivity contribution in [3.05, 3.63) is 66.2 Å². The average Bonchev–Trinajstić information content (AvgIpc) is 2.49. The Morgan fingerprint density at radius 2 is 1.81 bits per heavy atom.